The molecule has 1 heterocycles. The van der Waals surface area contributed by atoms with Crippen molar-refractivity contribution in [1.82, 2.24) is 0 Å². The van der Waals surface area contributed by atoms with Crippen molar-refractivity contribution in [2.24, 2.45) is 0 Å². The molecule has 0 fully saturated rings. The molecule has 0 radical (unpaired) electrons. The van der Waals surface area contributed by atoms with Gasteiger partial charge in [0.25, 0.3) is 10.1 Å². The van der Waals surface area contributed by atoms with Gasteiger partial charge in [-0.3, -0.25) is 9.35 Å². The summed E-state index contributed by atoms with van der Waals surface area (Å²) in [5.41, 5.74) is -1.74. The molecule has 1 aromatic heterocycles. The van der Waals surface area contributed by atoms with Crippen LogP contribution < -0.4 is 0 Å². The first kappa shape index (κ1) is 15.3. The summed E-state index contributed by atoms with van der Waals surface area (Å²) in [5.74, 6) is -0.414. The first-order valence-corrected chi connectivity index (χ1v) is 6.81. The molecule has 0 unspecified atom stereocenters. The second kappa shape index (κ2) is 5.01. The van der Waals surface area contributed by atoms with Gasteiger partial charge in [0.2, 0.25) is 0 Å². The van der Waals surface area contributed by atoms with Crippen LogP contribution in [0.4, 0.5) is 13.2 Å². The first-order chi connectivity index (χ1) is 9.63. The summed E-state index contributed by atoms with van der Waals surface area (Å²) in [5, 5.41) is 0. The van der Waals surface area contributed by atoms with Gasteiger partial charge in [0.1, 0.15) is 5.76 Å². The SMILES string of the molecule is O=Cc1ccc(-c2ccc(S(=O)(=O)O)cc2C(F)(F)F)o1. The second-order valence-corrected chi connectivity index (χ2v) is 5.42. The number of benzene rings is 1. The lowest BCUT2D eigenvalue weighted by Crippen LogP contribution is -2.09. The van der Waals surface area contributed by atoms with Crippen LogP contribution in [0.25, 0.3) is 11.3 Å². The lowest BCUT2D eigenvalue weighted by atomic mass is 10.1. The zero-order chi connectivity index (χ0) is 15.8. The number of halogens is 3. The van der Waals surface area contributed by atoms with Crippen LogP contribution in [-0.4, -0.2) is 19.3 Å². The number of rotatable bonds is 3. The number of alkyl halides is 3. The van der Waals surface area contributed by atoms with E-state index >= 15 is 0 Å². The predicted octanol–water partition coefficient (Wildman–Crippen LogP) is 3.02. The lowest BCUT2D eigenvalue weighted by Gasteiger charge is -2.12. The van der Waals surface area contributed by atoms with Crippen molar-refractivity contribution in [2.75, 3.05) is 0 Å². The Balaban J connectivity index is 2.69. The van der Waals surface area contributed by atoms with Gasteiger partial charge in [0.05, 0.1) is 10.5 Å². The number of hydrogen-bond acceptors (Lipinski definition) is 4. The summed E-state index contributed by atoms with van der Waals surface area (Å²) < 4.78 is 74.6. The third-order valence-electron chi connectivity index (χ3n) is 2.60. The molecule has 1 N–H and O–H groups in total. The van der Waals surface area contributed by atoms with E-state index in [0.717, 1.165) is 18.2 Å². The van der Waals surface area contributed by atoms with Gasteiger partial charge in [-0.05, 0) is 30.3 Å². The van der Waals surface area contributed by atoms with Crippen LogP contribution in [0.5, 0.6) is 0 Å². The molecule has 0 saturated heterocycles. The maximum atomic E-state index is 13.0. The smallest absolute Gasteiger partial charge is 0.417 e. The normalized spacial score (nSPS) is 12.4. The summed E-state index contributed by atoms with van der Waals surface area (Å²) in [7, 11) is -4.77. The van der Waals surface area contributed by atoms with Crippen LogP contribution in [0, 0.1) is 0 Å². The van der Waals surface area contributed by atoms with Crippen molar-refractivity contribution in [2.45, 2.75) is 11.1 Å². The van der Waals surface area contributed by atoms with E-state index in [1.165, 1.54) is 6.07 Å². The molecule has 2 rings (SSSR count). The van der Waals surface area contributed by atoms with Gasteiger partial charge < -0.3 is 4.42 Å². The van der Waals surface area contributed by atoms with E-state index in [2.05, 4.69) is 0 Å². The highest BCUT2D eigenvalue weighted by Crippen LogP contribution is 2.38. The van der Waals surface area contributed by atoms with Crippen LogP contribution >= 0.6 is 0 Å². The molecule has 0 spiro atoms. The van der Waals surface area contributed by atoms with Gasteiger partial charge in [-0.1, -0.05) is 0 Å². The van der Waals surface area contributed by atoms with Crippen LogP contribution in [0.1, 0.15) is 16.1 Å². The highest BCUT2D eigenvalue weighted by atomic mass is 32.2. The monoisotopic (exact) mass is 320 g/mol. The van der Waals surface area contributed by atoms with E-state index in [9.17, 15) is 26.4 Å². The number of aldehydes is 1. The van der Waals surface area contributed by atoms with Crippen LogP contribution in [0.15, 0.2) is 39.6 Å². The quantitative estimate of drug-likeness (QED) is 0.694. The molecule has 112 valence electrons. The Bertz CT molecular complexity index is 789. The Morgan fingerprint density at radius 3 is 2.29 bits per heavy atom. The van der Waals surface area contributed by atoms with Gasteiger partial charge in [0.15, 0.2) is 12.0 Å². The Morgan fingerprint density at radius 2 is 1.81 bits per heavy atom. The molecular weight excluding hydrogens is 313 g/mol. The zero-order valence-corrected chi connectivity index (χ0v) is 10.9. The van der Waals surface area contributed by atoms with Crippen LogP contribution in [0.3, 0.4) is 0 Å². The highest BCUT2D eigenvalue weighted by Gasteiger charge is 2.35. The average molecular weight is 320 g/mol. The van der Waals surface area contributed by atoms with E-state index in [4.69, 9.17) is 8.97 Å². The first-order valence-electron chi connectivity index (χ1n) is 5.37. The predicted molar refractivity (Wildman–Crippen MR) is 64.3 cm³/mol. The van der Waals surface area contributed by atoms with E-state index in [1.54, 1.807) is 0 Å². The minimum atomic E-state index is -4.87. The number of hydrogen-bond donors (Lipinski definition) is 1. The lowest BCUT2D eigenvalue weighted by molar-refractivity contribution is -0.137. The fourth-order valence-electron chi connectivity index (χ4n) is 1.69. The van der Waals surface area contributed by atoms with Crippen LogP contribution in [-0.2, 0) is 16.3 Å². The molecule has 0 aliphatic carbocycles. The van der Waals surface area contributed by atoms with Gasteiger partial charge in [-0.2, -0.15) is 21.6 Å². The minimum absolute atomic E-state index is 0.169. The molecular formula is C12H7F3O5S. The fourth-order valence-corrected chi connectivity index (χ4v) is 2.20. The molecule has 0 saturated carbocycles. The Kier molecular flexibility index (Phi) is 3.64. The summed E-state index contributed by atoms with van der Waals surface area (Å²) in [6.45, 7) is 0. The molecule has 2 aromatic rings. The highest BCUT2D eigenvalue weighted by molar-refractivity contribution is 7.85. The molecule has 5 nitrogen and oxygen atoms in total. The van der Waals surface area contributed by atoms with Crippen molar-refractivity contribution < 1.29 is 35.4 Å². The third kappa shape index (κ3) is 3.14. The number of carbonyl (C=O) groups is 1. The molecule has 0 bridgehead atoms. The van der Waals surface area contributed by atoms with Crippen molar-refractivity contribution in [3.63, 3.8) is 0 Å². The van der Waals surface area contributed by atoms with Crippen molar-refractivity contribution in [3.8, 4) is 11.3 Å². The molecule has 9 heteroatoms. The standard InChI is InChI=1S/C12H7F3O5S/c13-12(14,15)10-5-8(21(17,18)19)2-3-9(10)11-4-1-7(6-16)20-11/h1-6H,(H,17,18,19). The van der Waals surface area contributed by atoms with E-state index in [1.807, 2.05) is 0 Å². The topological polar surface area (TPSA) is 84.6 Å². The van der Waals surface area contributed by atoms with Crippen molar-refractivity contribution >= 4 is 16.4 Å². The fraction of sp³-hybridized carbons (Fsp3) is 0.0833. The number of furan rings is 1. The molecule has 0 amide bonds. The second-order valence-electron chi connectivity index (χ2n) is 4.00. The van der Waals surface area contributed by atoms with Gasteiger partial charge in [-0.15, -0.1) is 0 Å². The van der Waals surface area contributed by atoms with Gasteiger partial charge in [0, 0.05) is 5.56 Å². The van der Waals surface area contributed by atoms with Crippen LogP contribution in [0.2, 0.25) is 0 Å². The summed E-state index contributed by atoms with van der Waals surface area (Å²) in [6.07, 6.45) is -4.55. The Labute approximate surface area is 116 Å². The molecule has 1 aromatic carbocycles. The van der Waals surface area contributed by atoms with Crippen molar-refractivity contribution in [3.05, 3.63) is 41.7 Å². The number of carbonyl (C=O) groups excluding carboxylic acids is 1. The van der Waals surface area contributed by atoms with E-state index in [-0.39, 0.29) is 11.5 Å². The summed E-state index contributed by atoms with van der Waals surface area (Å²) in [4.78, 5) is 9.60. The molecule has 21 heavy (non-hydrogen) atoms. The average Bonchev–Trinajstić information content (AvgIpc) is 2.84. The Morgan fingerprint density at radius 1 is 1.14 bits per heavy atom. The van der Waals surface area contributed by atoms with E-state index < -0.39 is 32.3 Å². The molecule has 0 atom stereocenters. The minimum Gasteiger partial charge on any atom is -0.453 e. The maximum Gasteiger partial charge on any atom is 0.417 e. The maximum absolute atomic E-state index is 13.0. The Hall–Kier alpha value is -2.13. The van der Waals surface area contributed by atoms with Gasteiger partial charge >= 0.3 is 6.18 Å². The summed E-state index contributed by atoms with van der Waals surface area (Å²) in [6, 6.07) is 4.29. The zero-order valence-electron chi connectivity index (χ0n) is 10.1. The van der Waals surface area contributed by atoms with E-state index in [0.29, 0.717) is 12.4 Å². The molecule has 0 aliphatic rings. The largest absolute Gasteiger partial charge is 0.453 e. The third-order valence-corrected chi connectivity index (χ3v) is 3.45. The van der Waals surface area contributed by atoms with Crippen molar-refractivity contribution in [1.29, 1.82) is 0 Å². The summed E-state index contributed by atoms with van der Waals surface area (Å²) >= 11 is 0. The molecule has 0 aliphatic heterocycles. The van der Waals surface area contributed by atoms with Gasteiger partial charge in [-0.25, -0.2) is 0 Å².